The summed E-state index contributed by atoms with van der Waals surface area (Å²) in [5.74, 6) is 1.14. The lowest BCUT2D eigenvalue weighted by atomic mass is 9.81. The van der Waals surface area contributed by atoms with Gasteiger partial charge in [0.2, 0.25) is 0 Å². The first-order chi connectivity index (χ1) is 13.6. The van der Waals surface area contributed by atoms with Crippen LogP contribution >= 0.6 is 34.4 Å². The van der Waals surface area contributed by atoms with Gasteiger partial charge in [0.1, 0.15) is 0 Å². The smallest absolute Gasteiger partial charge is 0.303 e. The minimum Gasteiger partial charge on any atom is -0.481 e. The van der Waals surface area contributed by atoms with Crippen molar-refractivity contribution in [3.05, 3.63) is 34.5 Å². The fourth-order valence-electron chi connectivity index (χ4n) is 4.85. The molecule has 2 aromatic rings. The number of amides is 1. The van der Waals surface area contributed by atoms with Crippen LogP contribution in [0.5, 0.6) is 0 Å². The molecule has 0 aromatic carbocycles. The van der Waals surface area contributed by atoms with Gasteiger partial charge in [-0.3, -0.25) is 9.59 Å². The summed E-state index contributed by atoms with van der Waals surface area (Å²) in [5.41, 5.74) is 0. The van der Waals surface area contributed by atoms with Crippen LogP contribution in [-0.2, 0) is 4.79 Å². The topological polar surface area (TPSA) is 66.4 Å². The van der Waals surface area contributed by atoms with E-state index in [4.69, 9.17) is 5.11 Å². The maximum atomic E-state index is 12.9. The van der Waals surface area contributed by atoms with E-state index in [2.05, 4.69) is 16.8 Å². The van der Waals surface area contributed by atoms with Crippen LogP contribution in [0.15, 0.2) is 38.1 Å². The van der Waals surface area contributed by atoms with E-state index < -0.39 is 5.97 Å². The highest BCUT2D eigenvalue weighted by atomic mass is 32.2. The van der Waals surface area contributed by atoms with Crippen molar-refractivity contribution < 1.29 is 14.7 Å². The third-order valence-electron chi connectivity index (χ3n) is 6.07. The van der Waals surface area contributed by atoms with Crippen molar-refractivity contribution in [1.29, 1.82) is 0 Å². The minimum absolute atomic E-state index is 0.0520. The van der Waals surface area contributed by atoms with Crippen LogP contribution in [0.2, 0.25) is 0 Å². The van der Waals surface area contributed by atoms with E-state index >= 15 is 0 Å². The van der Waals surface area contributed by atoms with E-state index in [0.29, 0.717) is 17.8 Å². The van der Waals surface area contributed by atoms with Gasteiger partial charge in [0, 0.05) is 12.5 Å². The van der Waals surface area contributed by atoms with Gasteiger partial charge >= 0.3 is 5.97 Å². The fraction of sp³-hybridized carbons (Fsp3) is 0.524. The van der Waals surface area contributed by atoms with Gasteiger partial charge in [-0.2, -0.15) is 0 Å². The van der Waals surface area contributed by atoms with Gasteiger partial charge in [-0.15, -0.1) is 22.7 Å². The molecule has 2 aromatic heterocycles. The summed E-state index contributed by atoms with van der Waals surface area (Å²) < 4.78 is 2.38. The van der Waals surface area contributed by atoms with Crippen LogP contribution in [0, 0.1) is 17.8 Å². The molecular formula is C21H25NO3S3. The Morgan fingerprint density at radius 1 is 1.14 bits per heavy atom. The van der Waals surface area contributed by atoms with E-state index in [9.17, 15) is 9.59 Å². The van der Waals surface area contributed by atoms with Crippen molar-refractivity contribution in [3.63, 3.8) is 0 Å². The molecule has 0 aliphatic heterocycles. The van der Waals surface area contributed by atoms with Gasteiger partial charge in [-0.1, -0.05) is 24.2 Å². The molecule has 0 unspecified atom stereocenters. The third kappa shape index (κ3) is 4.63. The van der Waals surface area contributed by atoms with Crippen LogP contribution < -0.4 is 5.32 Å². The molecule has 28 heavy (non-hydrogen) atoms. The van der Waals surface area contributed by atoms with Crippen molar-refractivity contribution in [2.75, 3.05) is 0 Å². The Balaban J connectivity index is 1.34. The molecule has 4 rings (SSSR count). The molecule has 2 bridgehead atoms. The average molecular weight is 436 g/mol. The summed E-state index contributed by atoms with van der Waals surface area (Å²) in [6.45, 7) is 0. The number of fused-ring (bicyclic) bond motifs is 2. The molecule has 0 saturated heterocycles. The van der Waals surface area contributed by atoms with Crippen molar-refractivity contribution in [2.45, 2.75) is 59.4 Å². The normalized spacial score (nSPS) is 25.9. The molecule has 1 amide bonds. The van der Waals surface area contributed by atoms with Crippen LogP contribution in [0.4, 0.5) is 0 Å². The Morgan fingerprint density at radius 3 is 2.79 bits per heavy atom. The number of carbonyl (C=O) groups is 2. The first kappa shape index (κ1) is 20.0. The van der Waals surface area contributed by atoms with Crippen molar-refractivity contribution in [2.24, 2.45) is 17.8 Å². The monoisotopic (exact) mass is 435 g/mol. The van der Waals surface area contributed by atoms with Crippen LogP contribution in [0.1, 0.15) is 54.6 Å². The largest absolute Gasteiger partial charge is 0.481 e. The molecular weight excluding hydrogens is 410 g/mol. The summed E-state index contributed by atoms with van der Waals surface area (Å²) >= 11 is 4.99. The van der Waals surface area contributed by atoms with Gasteiger partial charge in [0.05, 0.1) is 13.3 Å². The Labute approximate surface area is 177 Å². The molecule has 150 valence electrons. The van der Waals surface area contributed by atoms with E-state index in [1.165, 1.54) is 23.5 Å². The lowest BCUT2D eigenvalue weighted by Gasteiger charge is -2.31. The summed E-state index contributed by atoms with van der Waals surface area (Å²) in [4.78, 5) is 24.4. The second-order valence-electron chi connectivity index (χ2n) is 7.79. The zero-order chi connectivity index (χ0) is 19.5. The molecule has 4 atom stereocenters. The first-order valence-corrected chi connectivity index (χ1v) is 12.5. The highest BCUT2D eigenvalue weighted by molar-refractivity contribution is 8.02. The maximum absolute atomic E-state index is 12.9. The Bertz CT molecular complexity index is 817. The number of rotatable bonds is 9. The number of nitrogens with one attached hydrogen (secondary N) is 1. The number of carboxylic acids is 1. The molecule has 0 radical (unpaired) electrons. The number of carboxylic acid groups (broad SMARTS) is 1. The summed E-state index contributed by atoms with van der Waals surface area (Å²) in [5, 5.41) is 14.2. The van der Waals surface area contributed by atoms with Crippen LogP contribution in [0.25, 0.3) is 0 Å². The molecule has 2 saturated carbocycles. The predicted molar refractivity (Wildman–Crippen MR) is 114 cm³/mol. The van der Waals surface area contributed by atoms with Crippen LogP contribution in [-0.4, -0.2) is 23.0 Å². The number of hydrogen-bond donors (Lipinski definition) is 2. The van der Waals surface area contributed by atoms with Crippen molar-refractivity contribution in [3.8, 4) is 0 Å². The number of hydrogen-bond acceptors (Lipinski definition) is 5. The molecule has 2 N–H and O–H groups in total. The Hall–Kier alpha value is -1.31. The highest BCUT2D eigenvalue weighted by Gasteiger charge is 2.47. The quantitative estimate of drug-likeness (QED) is 0.492. The average Bonchev–Trinajstić information content (AvgIpc) is 3.45. The summed E-state index contributed by atoms with van der Waals surface area (Å²) in [6.07, 6.45) is 6.65. The lowest BCUT2D eigenvalue weighted by Crippen LogP contribution is -2.43. The Morgan fingerprint density at radius 2 is 2.00 bits per heavy atom. The molecule has 7 heteroatoms. The SMILES string of the molecule is O=C(O)CCCC[C@H]1[C@H]2CC[C@H](C2)[C@@H]1NC(=O)c1ccc(Sc2cccs2)s1. The molecule has 2 aliphatic rings. The number of aliphatic carboxylic acids is 1. The summed E-state index contributed by atoms with van der Waals surface area (Å²) in [7, 11) is 0. The van der Waals surface area contributed by atoms with E-state index in [0.717, 1.165) is 28.3 Å². The molecule has 2 aliphatic carbocycles. The number of thiophene rings is 2. The lowest BCUT2D eigenvalue weighted by molar-refractivity contribution is -0.137. The van der Waals surface area contributed by atoms with Crippen molar-refractivity contribution in [1.82, 2.24) is 5.32 Å². The summed E-state index contributed by atoms with van der Waals surface area (Å²) in [6, 6.07) is 8.37. The van der Waals surface area contributed by atoms with E-state index in [1.54, 1.807) is 34.4 Å². The third-order valence-corrected chi connectivity index (χ3v) is 9.32. The zero-order valence-electron chi connectivity index (χ0n) is 15.6. The Kier molecular flexibility index (Phi) is 6.43. The van der Waals surface area contributed by atoms with E-state index in [1.807, 2.05) is 18.2 Å². The second-order valence-corrected chi connectivity index (χ2v) is 11.4. The number of carbonyl (C=O) groups excluding carboxylic acids is 1. The van der Waals surface area contributed by atoms with Crippen molar-refractivity contribution >= 4 is 46.3 Å². The van der Waals surface area contributed by atoms with Crippen LogP contribution in [0.3, 0.4) is 0 Å². The number of unbranched alkanes of at least 4 members (excludes halogenated alkanes) is 1. The zero-order valence-corrected chi connectivity index (χ0v) is 18.1. The minimum atomic E-state index is -0.716. The fourth-order valence-corrected chi connectivity index (χ4v) is 7.91. The maximum Gasteiger partial charge on any atom is 0.303 e. The van der Waals surface area contributed by atoms with E-state index in [-0.39, 0.29) is 18.4 Å². The van der Waals surface area contributed by atoms with Gasteiger partial charge in [-0.05, 0) is 73.4 Å². The van der Waals surface area contributed by atoms with Gasteiger partial charge in [0.25, 0.3) is 5.91 Å². The second kappa shape index (κ2) is 9.01. The highest BCUT2D eigenvalue weighted by Crippen LogP contribution is 2.50. The standard InChI is InChI=1S/C21H25NO3S3/c23-17(24)5-2-1-4-15-13-7-8-14(12-13)20(15)22-21(25)16-9-10-19(27-16)28-18-6-3-11-26-18/h3,6,9-11,13-15,20H,1-2,4-5,7-8,12H2,(H,22,25)(H,23,24)/t13-,14+,15-,20-/m0/s1. The first-order valence-electron chi connectivity index (χ1n) is 9.94. The molecule has 2 heterocycles. The van der Waals surface area contributed by atoms with Gasteiger partial charge in [-0.25, -0.2) is 0 Å². The van der Waals surface area contributed by atoms with Gasteiger partial charge < -0.3 is 10.4 Å². The molecule has 0 spiro atoms. The molecule has 4 nitrogen and oxygen atoms in total. The predicted octanol–water partition coefficient (Wildman–Crippen LogP) is 5.75. The van der Waals surface area contributed by atoms with Gasteiger partial charge in [0.15, 0.2) is 0 Å². The molecule has 2 fully saturated rings.